The highest BCUT2D eigenvalue weighted by molar-refractivity contribution is 6.33. The number of hydrogen-bond donors (Lipinski definition) is 2. The van der Waals surface area contributed by atoms with Crippen molar-refractivity contribution in [3.8, 4) is 11.4 Å². The monoisotopic (exact) mass is 473 g/mol. The highest BCUT2D eigenvalue weighted by Crippen LogP contribution is 2.27. The number of carbonyl (C=O) groups excluding carboxylic acids is 1. The number of H-pyrrole nitrogens is 1. The average molecular weight is 474 g/mol. The number of aromatic amines is 1. The Balaban J connectivity index is 1.74. The van der Waals surface area contributed by atoms with Gasteiger partial charge in [0.1, 0.15) is 24.9 Å². The van der Waals surface area contributed by atoms with Crippen LogP contribution < -0.4 is 15.8 Å². The van der Waals surface area contributed by atoms with Crippen LogP contribution in [-0.2, 0) is 20.8 Å². The molecule has 1 aromatic heterocycles. The van der Waals surface area contributed by atoms with Crippen LogP contribution in [0.4, 0.5) is 5.82 Å². The average Bonchev–Trinajstić information content (AvgIpc) is 2.81. The van der Waals surface area contributed by atoms with Gasteiger partial charge in [-0.25, -0.2) is 9.98 Å². The number of benzene rings is 1. The summed E-state index contributed by atoms with van der Waals surface area (Å²) in [7, 11) is 0. The Labute approximate surface area is 197 Å². The van der Waals surface area contributed by atoms with Gasteiger partial charge in [0.25, 0.3) is 5.56 Å². The van der Waals surface area contributed by atoms with E-state index in [2.05, 4.69) is 20.3 Å². The SMILES string of the molecule is CCCC(=O)NCc1ccc(Cl)c(-c2nc(N3C=CC(OCCOCC)=NC3)cc(=O)[nH]2)c1. The second-order valence-corrected chi connectivity index (χ2v) is 7.67. The van der Waals surface area contributed by atoms with Gasteiger partial charge < -0.3 is 24.7 Å². The minimum atomic E-state index is -0.316. The van der Waals surface area contributed by atoms with Crippen molar-refractivity contribution in [3.05, 3.63) is 57.5 Å². The zero-order chi connectivity index (χ0) is 23.6. The number of aromatic nitrogens is 2. The smallest absolute Gasteiger partial charge is 0.253 e. The van der Waals surface area contributed by atoms with Crippen LogP contribution in [0.2, 0.25) is 5.02 Å². The molecule has 9 nitrogen and oxygen atoms in total. The van der Waals surface area contributed by atoms with Crippen molar-refractivity contribution in [2.75, 3.05) is 31.4 Å². The minimum Gasteiger partial charge on any atom is -0.475 e. The number of nitrogens with zero attached hydrogens (tertiary/aromatic N) is 3. The zero-order valence-electron chi connectivity index (χ0n) is 18.8. The molecule has 3 rings (SSSR count). The summed E-state index contributed by atoms with van der Waals surface area (Å²) in [6.45, 7) is 6.04. The molecule has 0 aliphatic carbocycles. The summed E-state index contributed by atoms with van der Waals surface area (Å²) in [6.07, 6.45) is 4.73. The molecule has 2 aromatic rings. The number of amides is 1. The number of aliphatic imine (C=N–C) groups is 1. The third kappa shape index (κ3) is 7.16. The fourth-order valence-electron chi connectivity index (χ4n) is 3.09. The van der Waals surface area contributed by atoms with E-state index in [1.54, 1.807) is 23.2 Å². The van der Waals surface area contributed by atoms with Crippen molar-refractivity contribution in [1.82, 2.24) is 15.3 Å². The molecule has 0 saturated carbocycles. The standard InChI is InChI=1S/C23H28ClN5O4/c1-3-5-20(30)25-14-16-6-7-18(24)17(12-16)23-27-19(13-21(31)28-23)29-9-8-22(26-15-29)33-11-10-32-4-2/h6-9,12-13H,3-5,10-11,14-15H2,1-2H3,(H,25,30)(H,27,28,31). The third-order valence-electron chi connectivity index (χ3n) is 4.73. The van der Waals surface area contributed by atoms with Gasteiger partial charge in [0, 0.05) is 43.5 Å². The first-order valence-electron chi connectivity index (χ1n) is 10.9. The molecule has 0 bridgehead atoms. The van der Waals surface area contributed by atoms with Crippen LogP contribution in [0.3, 0.4) is 0 Å². The second kappa shape index (κ2) is 12.2. The fraction of sp³-hybridized carbons (Fsp3) is 0.391. The fourth-order valence-corrected chi connectivity index (χ4v) is 3.30. The first kappa shape index (κ1) is 24.5. The molecule has 0 saturated heterocycles. The van der Waals surface area contributed by atoms with E-state index in [4.69, 9.17) is 21.1 Å². The van der Waals surface area contributed by atoms with Gasteiger partial charge >= 0.3 is 0 Å². The first-order valence-corrected chi connectivity index (χ1v) is 11.2. The van der Waals surface area contributed by atoms with Gasteiger partial charge in [-0.05, 0) is 31.0 Å². The molecule has 1 aromatic carbocycles. The maximum atomic E-state index is 12.4. The number of rotatable bonds is 10. The lowest BCUT2D eigenvalue weighted by Crippen LogP contribution is -2.25. The molecule has 0 unspecified atom stereocenters. The number of hydrogen-bond acceptors (Lipinski definition) is 7. The highest BCUT2D eigenvalue weighted by atomic mass is 35.5. The number of ether oxygens (including phenoxy) is 2. The molecule has 2 heterocycles. The lowest BCUT2D eigenvalue weighted by atomic mass is 10.1. The molecular weight excluding hydrogens is 446 g/mol. The van der Waals surface area contributed by atoms with Crippen molar-refractivity contribution in [3.63, 3.8) is 0 Å². The summed E-state index contributed by atoms with van der Waals surface area (Å²) >= 11 is 6.40. The van der Waals surface area contributed by atoms with E-state index >= 15 is 0 Å². The Hall–Kier alpha value is -3.17. The van der Waals surface area contributed by atoms with Crippen molar-refractivity contribution in [2.45, 2.75) is 33.2 Å². The quantitative estimate of drug-likeness (QED) is 0.513. The third-order valence-corrected chi connectivity index (χ3v) is 5.06. The molecule has 176 valence electrons. The molecule has 1 aliphatic rings. The van der Waals surface area contributed by atoms with Gasteiger partial charge in [-0.2, -0.15) is 0 Å². The lowest BCUT2D eigenvalue weighted by Gasteiger charge is -2.21. The van der Waals surface area contributed by atoms with Crippen LogP contribution in [0.25, 0.3) is 11.4 Å². The van der Waals surface area contributed by atoms with Gasteiger partial charge in [-0.15, -0.1) is 0 Å². The van der Waals surface area contributed by atoms with Crippen LogP contribution in [0, 0.1) is 0 Å². The molecule has 10 heteroatoms. The van der Waals surface area contributed by atoms with Gasteiger partial charge in [0.2, 0.25) is 11.8 Å². The van der Waals surface area contributed by atoms with Gasteiger partial charge in [0.05, 0.1) is 11.6 Å². The normalized spacial score (nSPS) is 13.1. The first-order chi connectivity index (χ1) is 16.0. The number of nitrogens with one attached hydrogen (secondary N) is 2. The van der Waals surface area contributed by atoms with Gasteiger partial charge in [-0.1, -0.05) is 24.6 Å². The van der Waals surface area contributed by atoms with Crippen molar-refractivity contribution in [2.24, 2.45) is 4.99 Å². The maximum absolute atomic E-state index is 12.4. The molecular formula is C23H28ClN5O4. The summed E-state index contributed by atoms with van der Waals surface area (Å²) < 4.78 is 10.8. The summed E-state index contributed by atoms with van der Waals surface area (Å²) in [6, 6.07) is 6.76. The van der Waals surface area contributed by atoms with Crippen molar-refractivity contribution < 1.29 is 14.3 Å². The van der Waals surface area contributed by atoms with Gasteiger partial charge in [-0.3, -0.25) is 9.59 Å². The van der Waals surface area contributed by atoms with E-state index in [9.17, 15) is 9.59 Å². The molecule has 1 aliphatic heterocycles. The lowest BCUT2D eigenvalue weighted by molar-refractivity contribution is -0.121. The van der Waals surface area contributed by atoms with E-state index in [0.29, 0.717) is 60.9 Å². The number of anilines is 1. The van der Waals surface area contributed by atoms with E-state index in [0.717, 1.165) is 12.0 Å². The van der Waals surface area contributed by atoms with E-state index < -0.39 is 0 Å². The Bertz CT molecular complexity index is 1080. The topological polar surface area (TPSA) is 109 Å². The second-order valence-electron chi connectivity index (χ2n) is 7.26. The van der Waals surface area contributed by atoms with E-state index in [1.807, 2.05) is 26.0 Å². The van der Waals surface area contributed by atoms with Crippen LogP contribution in [0.1, 0.15) is 32.3 Å². The Morgan fingerprint density at radius 2 is 2.12 bits per heavy atom. The largest absolute Gasteiger partial charge is 0.475 e. The van der Waals surface area contributed by atoms with E-state index in [-0.39, 0.29) is 18.1 Å². The summed E-state index contributed by atoms with van der Waals surface area (Å²) in [5.41, 5.74) is 1.11. The predicted octanol–water partition coefficient (Wildman–Crippen LogP) is 3.25. The number of halogens is 1. The highest BCUT2D eigenvalue weighted by Gasteiger charge is 2.15. The van der Waals surface area contributed by atoms with Crippen LogP contribution in [0.5, 0.6) is 0 Å². The molecule has 2 N–H and O–H groups in total. The van der Waals surface area contributed by atoms with Gasteiger partial charge in [0.15, 0.2) is 0 Å². The van der Waals surface area contributed by atoms with Crippen molar-refractivity contribution in [1.29, 1.82) is 0 Å². The Morgan fingerprint density at radius 3 is 2.85 bits per heavy atom. The Morgan fingerprint density at radius 1 is 1.27 bits per heavy atom. The Kier molecular flexibility index (Phi) is 9.03. The summed E-state index contributed by atoms with van der Waals surface area (Å²) in [5.74, 6) is 1.25. The zero-order valence-corrected chi connectivity index (χ0v) is 19.5. The molecule has 0 fully saturated rings. The van der Waals surface area contributed by atoms with E-state index in [1.165, 1.54) is 6.07 Å². The molecule has 33 heavy (non-hydrogen) atoms. The summed E-state index contributed by atoms with van der Waals surface area (Å²) in [5, 5.41) is 3.31. The molecule has 0 radical (unpaired) electrons. The molecule has 1 amide bonds. The van der Waals surface area contributed by atoms with Crippen LogP contribution in [-0.4, -0.2) is 48.3 Å². The minimum absolute atomic E-state index is 0.0128. The predicted molar refractivity (Wildman–Crippen MR) is 128 cm³/mol. The molecule has 0 atom stereocenters. The summed E-state index contributed by atoms with van der Waals surface area (Å²) in [4.78, 5) is 37.6. The van der Waals surface area contributed by atoms with Crippen LogP contribution in [0.15, 0.2) is 46.3 Å². The van der Waals surface area contributed by atoms with Crippen LogP contribution >= 0.6 is 11.6 Å². The number of carbonyl (C=O) groups is 1. The van der Waals surface area contributed by atoms with Crippen molar-refractivity contribution >= 4 is 29.2 Å². The molecule has 0 spiro atoms. The maximum Gasteiger partial charge on any atom is 0.253 e.